The molecule has 0 aromatic carbocycles. The second-order valence-electron chi connectivity index (χ2n) is 1.80. The van der Waals surface area contributed by atoms with Gasteiger partial charge in [-0.1, -0.05) is 12.2 Å². The molecule has 0 bridgehead atoms. The number of rotatable bonds is 3. The van der Waals surface area contributed by atoms with Gasteiger partial charge >= 0.3 is 5.97 Å². The highest BCUT2D eigenvalue weighted by Gasteiger charge is 2.08. The number of carbonyl (C=O) groups is 1. The van der Waals surface area contributed by atoms with Gasteiger partial charge in [-0.2, -0.15) is 0 Å². The zero-order chi connectivity index (χ0) is 7.98. The van der Waals surface area contributed by atoms with E-state index in [1.807, 2.05) is 0 Å². The molecule has 0 aromatic rings. The first-order valence-electron chi connectivity index (χ1n) is 3.27. The van der Waals surface area contributed by atoms with E-state index in [0.29, 0.717) is 6.61 Å². The molecule has 3 heteroatoms. The van der Waals surface area contributed by atoms with Gasteiger partial charge in [-0.15, -0.1) is 0 Å². The van der Waals surface area contributed by atoms with Gasteiger partial charge < -0.3 is 10.5 Å². The minimum atomic E-state index is -0.607. The molecule has 0 rings (SSSR count). The van der Waals surface area contributed by atoms with Crippen LogP contribution in [0.1, 0.15) is 13.8 Å². The van der Waals surface area contributed by atoms with Crippen LogP contribution in [0, 0.1) is 0 Å². The van der Waals surface area contributed by atoms with Crippen molar-refractivity contribution < 1.29 is 9.53 Å². The number of hydrogen-bond donors (Lipinski definition) is 1. The highest BCUT2D eigenvalue weighted by atomic mass is 16.5. The number of esters is 1. The van der Waals surface area contributed by atoms with Crippen molar-refractivity contribution in [3.8, 4) is 0 Å². The fourth-order valence-corrected chi connectivity index (χ4v) is 0.524. The fourth-order valence-electron chi connectivity index (χ4n) is 0.524. The first kappa shape index (κ1) is 9.17. The van der Waals surface area contributed by atoms with Crippen LogP contribution in [0.2, 0.25) is 0 Å². The standard InChI is InChI=1S/C7H13NO2/c1-3-5-6(8)7(9)10-4-2/h3,5-6H,4,8H2,1-2H3/b5-3+. The molecule has 0 saturated heterocycles. The highest BCUT2D eigenvalue weighted by Crippen LogP contribution is 1.86. The van der Waals surface area contributed by atoms with Crippen LogP contribution in [-0.2, 0) is 9.53 Å². The van der Waals surface area contributed by atoms with Crippen LogP contribution in [0.25, 0.3) is 0 Å². The molecule has 1 unspecified atom stereocenters. The van der Waals surface area contributed by atoms with E-state index in [9.17, 15) is 4.79 Å². The average molecular weight is 143 g/mol. The van der Waals surface area contributed by atoms with Gasteiger partial charge in [0.2, 0.25) is 0 Å². The fraction of sp³-hybridized carbons (Fsp3) is 0.571. The first-order valence-corrected chi connectivity index (χ1v) is 3.27. The summed E-state index contributed by atoms with van der Waals surface area (Å²) in [5.41, 5.74) is 5.35. The molecule has 0 heterocycles. The van der Waals surface area contributed by atoms with Crippen molar-refractivity contribution in [3.63, 3.8) is 0 Å². The zero-order valence-electron chi connectivity index (χ0n) is 6.33. The Labute approximate surface area is 60.9 Å². The number of hydrogen-bond acceptors (Lipinski definition) is 3. The predicted octanol–water partition coefficient (Wildman–Crippen LogP) is 0.453. The number of ether oxygens (including phenoxy) is 1. The van der Waals surface area contributed by atoms with Gasteiger partial charge in [0, 0.05) is 0 Å². The van der Waals surface area contributed by atoms with Crippen molar-refractivity contribution in [2.75, 3.05) is 6.61 Å². The Kier molecular flexibility index (Phi) is 4.58. The molecule has 0 radical (unpaired) electrons. The van der Waals surface area contributed by atoms with E-state index in [0.717, 1.165) is 0 Å². The minimum Gasteiger partial charge on any atom is -0.465 e. The summed E-state index contributed by atoms with van der Waals surface area (Å²) in [5, 5.41) is 0. The van der Waals surface area contributed by atoms with Gasteiger partial charge in [0.25, 0.3) is 0 Å². The molecule has 3 nitrogen and oxygen atoms in total. The molecule has 0 saturated carbocycles. The molecule has 10 heavy (non-hydrogen) atoms. The highest BCUT2D eigenvalue weighted by molar-refractivity contribution is 5.77. The molecule has 1 atom stereocenters. The third kappa shape index (κ3) is 3.25. The molecule has 2 N–H and O–H groups in total. The SMILES string of the molecule is C/C=C/C(N)C(=O)OCC. The van der Waals surface area contributed by atoms with Gasteiger partial charge in [0.1, 0.15) is 6.04 Å². The normalized spacial score (nSPS) is 13.5. The Morgan fingerprint density at radius 1 is 1.80 bits per heavy atom. The van der Waals surface area contributed by atoms with Gasteiger partial charge in [-0.25, -0.2) is 0 Å². The number of carbonyl (C=O) groups excluding carboxylic acids is 1. The monoisotopic (exact) mass is 143 g/mol. The van der Waals surface area contributed by atoms with Crippen LogP contribution in [-0.4, -0.2) is 18.6 Å². The smallest absolute Gasteiger partial charge is 0.326 e. The topological polar surface area (TPSA) is 52.3 Å². The van der Waals surface area contributed by atoms with E-state index in [2.05, 4.69) is 4.74 Å². The lowest BCUT2D eigenvalue weighted by Crippen LogP contribution is -2.29. The van der Waals surface area contributed by atoms with Gasteiger partial charge in [0.05, 0.1) is 6.61 Å². The summed E-state index contributed by atoms with van der Waals surface area (Å²) >= 11 is 0. The van der Waals surface area contributed by atoms with Crippen molar-refractivity contribution >= 4 is 5.97 Å². The largest absolute Gasteiger partial charge is 0.465 e. The van der Waals surface area contributed by atoms with Crippen LogP contribution in [0.15, 0.2) is 12.2 Å². The zero-order valence-corrected chi connectivity index (χ0v) is 6.33. The van der Waals surface area contributed by atoms with Gasteiger partial charge in [-0.05, 0) is 13.8 Å². The molecule has 58 valence electrons. The van der Waals surface area contributed by atoms with E-state index in [4.69, 9.17) is 5.73 Å². The second-order valence-corrected chi connectivity index (χ2v) is 1.80. The van der Waals surface area contributed by atoms with E-state index in [1.54, 1.807) is 26.0 Å². The number of nitrogens with two attached hydrogens (primary N) is 1. The summed E-state index contributed by atoms with van der Waals surface area (Å²) in [7, 11) is 0. The summed E-state index contributed by atoms with van der Waals surface area (Å²) < 4.78 is 4.64. The maximum atomic E-state index is 10.7. The van der Waals surface area contributed by atoms with Crippen molar-refractivity contribution in [2.45, 2.75) is 19.9 Å². The Bertz CT molecular complexity index is 132. The lowest BCUT2D eigenvalue weighted by Gasteiger charge is -2.04. The maximum Gasteiger partial charge on any atom is 0.326 e. The Balaban J connectivity index is 3.70. The lowest BCUT2D eigenvalue weighted by atomic mass is 10.3. The van der Waals surface area contributed by atoms with Crippen LogP contribution in [0.3, 0.4) is 0 Å². The van der Waals surface area contributed by atoms with E-state index >= 15 is 0 Å². The summed E-state index contributed by atoms with van der Waals surface area (Å²) in [6, 6.07) is -0.607. The third-order valence-corrected chi connectivity index (χ3v) is 0.959. The summed E-state index contributed by atoms with van der Waals surface area (Å²) in [6.07, 6.45) is 3.32. The molecular formula is C7H13NO2. The predicted molar refractivity (Wildman–Crippen MR) is 39.4 cm³/mol. The number of allylic oxidation sites excluding steroid dienone is 1. The Morgan fingerprint density at radius 2 is 2.40 bits per heavy atom. The van der Waals surface area contributed by atoms with Crippen molar-refractivity contribution in [1.82, 2.24) is 0 Å². The van der Waals surface area contributed by atoms with Crippen LogP contribution >= 0.6 is 0 Å². The van der Waals surface area contributed by atoms with Gasteiger partial charge in [0.15, 0.2) is 0 Å². The molecule has 0 aliphatic heterocycles. The van der Waals surface area contributed by atoms with Crippen LogP contribution in [0.5, 0.6) is 0 Å². The molecule has 0 aliphatic rings. The Morgan fingerprint density at radius 3 is 2.80 bits per heavy atom. The molecule has 0 aliphatic carbocycles. The van der Waals surface area contributed by atoms with Crippen molar-refractivity contribution in [3.05, 3.63) is 12.2 Å². The first-order chi connectivity index (χ1) is 4.72. The Hall–Kier alpha value is -0.830. The quantitative estimate of drug-likeness (QED) is 0.461. The molecular weight excluding hydrogens is 130 g/mol. The molecule has 0 spiro atoms. The van der Waals surface area contributed by atoms with Crippen LogP contribution < -0.4 is 5.73 Å². The summed E-state index contributed by atoms with van der Waals surface area (Å²) in [5.74, 6) is -0.374. The minimum absolute atomic E-state index is 0.374. The molecule has 0 aromatic heterocycles. The second kappa shape index (κ2) is 4.99. The van der Waals surface area contributed by atoms with Crippen LogP contribution in [0.4, 0.5) is 0 Å². The third-order valence-electron chi connectivity index (χ3n) is 0.959. The average Bonchev–Trinajstić information content (AvgIpc) is 1.89. The van der Waals surface area contributed by atoms with E-state index in [1.165, 1.54) is 0 Å². The lowest BCUT2D eigenvalue weighted by molar-refractivity contribution is -0.143. The maximum absolute atomic E-state index is 10.7. The van der Waals surface area contributed by atoms with Gasteiger partial charge in [-0.3, -0.25) is 4.79 Å². The summed E-state index contributed by atoms with van der Waals surface area (Å²) in [6.45, 7) is 3.93. The van der Waals surface area contributed by atoms with E-state index < -0.39 is 6.04 Å². The summed E-state index contributed by atoms with van der Waals surface area (Å²) in [4.78, 5) is 10.7. The van der Waals surface area contributed by atoms with E-state index in [-0.39, 0.29) is 5.97 Å². The molecule has 0 fully saturated rings. The molecule has 0 amide bonds. The van der Waals surface area contributed by atoms with Crippen molar-refractivity contribution in [2.24, 2.45) is 5.73 Å². The van der Waals surface area contributed by atoms with Crippen molar-refractivity contribution in [1.29, 1.82) is 0 Å².